The molecular weight excluding hydrogens is 326 g/mol. The Hall–Kier alpha value is -2.45. The van der Waals surface area contributed by atoms with Crippen LogP contribution in [0.1, 0.15) is 38.3 Å². The molecule has 0 bridgehead atoms. The van der Waals surface area contributed by atoms with E-state index in [1.165, 1.54) is 6.92 Å². The van der Waals surface area contributed by atoms with Crippen molar-refractivity contribution in [3.8, 4) is 0 Å². The zero-order valence-electron chi connectivity index (χ0n) is 15.2. The van der Waals surface area contributed by atoms with Crippen molar-refractivity contribution in [1.29, 1.82) is 0 Å². The normalized spacial score (nSPS) is 16.0. The standard InChI is InChI=1S/C17H25N3O5/c1-3-13(11-7-5-4-6-8-11)19-17(25)15(10(2)21)20-16(24)12(18)9-14(22)23/h4-8,10,12-13,15,21H,3,9,18H2,1-2H3,(H,19,25)(H,20,24)(H,22,23)/t10-,12+,13+,15+/m1/s1/i/hD. The maximum Gasteiger partial charge on any atom is 0.305 e. The van der Waals surface area contributed by atoms with Gasteiger partial charge in [0, 0.05) is 0 Å². The Labute approximate surface area is 147 Å². The smallest absolute Gasteiger partial charge is 0.305 e. The summed E-state index contributed by atoms with van der Waals surface area (Å²) in [6.45, 7) is 3.23. The summed E-state index contributed by atoms with van der Waals surface area (Å²) in [7, 11) is 0. The van der Waals surface area contributed by atoms with Crippen LogP contribution in [0.2, 0.25) is 1.41 Å². The molecule has 1 aromatic rings. The van der Waals surface area contributed by atoms with Gasteiger partial charge >= 0.3 is 5.97 Å². The predicted molar refractivity (Wildman–Crippen MR) is 91.5 cm³/mol. The van der Waals surface area contributed by atoms with E-state index in [-0.39, 0.29) is 6.04 Å². The lowest BCUT2D eigenvalue weighted by Crippen LogP contribution is -2.56. The van der Waals surface area contributed by atoms with Crippen LogP contribution in [-0.2, 0) is 14.4 Å². The van der Waals surface area contributed by atoms with E-state index in [2.05, 4.69) is 10.6 Å². The van der Waals surface area contributed by atoms with Crippen molar-refractivity contribution >= 4 is 17.8 Å². The number of carboxylic acids is 1. The highest BCUT2D eigenvalue weighted by molar-refractivity contribution is 5.91. The van der Waals surface area contributed by atoms with Gasteiger partial charge < -0.3 is 26.6 Å². The van der Waals surface area contributed by atoms with Crippen molar-refractivity contribution in [2.24, 2.45) is 5.73 Å². The first-order valence-corrected chi connectivity index (χ1v) is 8.02. The van der Waals surface area contributed by atoms with E-state index >= 15 is 0 Å². The SMILES string of the molecule is [2H]N[C@@H](CC(=O)O)C(=O)N[C@H](C(=O)N[C@@H](CC)c1ccccc1)[C@@H](C)O. The third kappa shape index (κ3) is 6.52. The summed E-state index contributed by atoms with van der Waals surface area (Å²) < 4.78 is 7.06. The zero-order chi connectivity index (χ0) is 19.7. The Bertz CT molecular complexity index is 612. The molecule has 0 aliphatic carbocycles. The van der Waals surface area contributed by atoms with E-state index in [1.54, 1.807) is 0 Å². The first-order chi connectivity index (χ1) is 12.3. The summed E-state index contributed by atoms with van der Waals surface area (Å²) in [6, 6.07) is 6.35. The molecule has 6 N–H and O–H groups in total. The second kappa shape index (κ2) is 9.75. The molecule has 1 aromatic carbocycles. The molecule has 0 radical (unpaired) electrons. The number of carboxylic acid groups (broad SMARTS) is 1. The van der Waals surface area contributed by atoms with E-state index in [9.17, 15) is 19.5 Å². The van der Waals surface area contributed by atoms with Crippen LogP contribution in [0.5, 0.6) is 0 Å². The average Bonchev–Trinajstić information content (AvgIpc) is 2.61. The molecule has 138 valence electrons. The fourth-order valence-electron chi connectivity index (χ4n) is 2.29. The van der Waals surface area contributed by atoms with Crippen molar-refractivity contribution in [3.05, 3.63) is 35.9 Å². The van der Waals surface area contributed by atoms with Crippen molar-refractivity contribution in [2.45, 2.75) is 50.9 Å². The molecular formula is C17H25N3O5. The largest absolute Gasteiger partial charge is 0.481 e. The molecule has 0 heterocycles. The Morgan fingerprint density at radius 1 is 1.20 bits per heavy atom. The van der Waals surface area contributed by atoms with Crippen LogP contribution >= 0.6 is 0 Å². The van der Waals surface area contributed by atoms with Gasteiger partial charge in [-0.15, -0.1) is 0 Å². The molecule has 0 spiro atoms. The highest BCUT2D eigenvalue weighted by Crippen LogP contribution is 2.16. The maximum atomic E-state index is 12.5. The number of carbonyl (C=O) groups is 3. The van der Waals surface area contributed by atoms with Gasteiger partial charge in [-0.25, -0.2) is 0 Å². The van der Waals surface area contributed by atoms with Crippen LogP contribution in [0.4, 0.5) is 0 Å². The van der Waals surface area contributed by atoms with Crippen LogP contribution in [0, 0.1) is 0 Å². The molecule has 8 heteroatoms. The third-order valence-electron chi connectivity index (χ3n) is 3.68. The summed E-state index contributed by atoms with van der Waals surface area (Å²) >= 11 is 0. The number of amides is 2. The molecule has 0 aromatic heterocycles. The Morgan fingerprint density at radius 3 is 2.32 bits per heavy atom. The highest BCUT2D eigenvalue weighted by atomic mass is 16.4. The van der Waals surface area contributed by atoms with Crippen molar-refractivity contribution in [2.75, 3.05) is 0 Å². The van der Waals surface area contributed by atoms with E-state index in [1.807, 2.05) is 43.0 Å². The minimum atomic E-state index is -1.34. The van der Waals surface area contributed by atoms with Gasteiger partial charge in [0.1, 0.15) is 7.45 Å². The lowest BCUT2D eigenvalue weighted by molar-refractivity contribution is -0.140. The van der Waals surface area contributed by atoms with Gasteiger partial charge in [-0.3, -0.25) is 14.4 Å². The van der Waals surface area contributed by atoms with E-state index < -0.39 is 42.4 Å². The third-order valence-corrected chi connectivity index (χ3v) is 3.68. The highest BCUT2D eigenvalue weighted by Gasteiger charge is 2.29. The molecule has 0 fully saturated rings. The predicted octanol–water partition coefficient (Wildman–Crippen LogP) is -0.0785. The number of nitrogens with one attached hydrogen (secondary N) is 2. The zero-order valence-corrected chi connectivity index (χ0v) is 14.2. The lowest BCUT2D eigenvalue weighted by atomic mass is 10.0. The van der Waals surface area contributed by atoms with Crippen LogP contribution in [0.3, 0.4) is 0 Å². The van der Waals surface area contributed by atoms with E-state index in [0.29, 0.717) is 6.42 Å². The molecule has 0 unspecified atom stereocenters. The minimum Gasteiger partial charge on any atom is -0.481 e. The molecule has 0 saturated carbocycles. The van der Waals surface area contributed by atoms with Gasteiger partial charge in [0.2, 0.25) is 11.8 Å². The van der Waals surface area contributed by atoms with Gasteiger partial charge in [0.15, 0.2) is 0 Å². The molecule has 0 aliphatic heterocycles. The summed E-state index contributed by atoms with van der Waals surface area (Å²) in [5.74, 6) is -2.71. The fourth-order valence-corrected chi connectivity index (χ4v) is 2.29. The lowest BCUT2D eigenvalue weighted by Gasteiger charge is -2.25. The topological polar surface area (TPSA) is 142 Å². The van der Waals surface area contributed by atoms with Gasteiger partial charge in [-0.1, -0.05) is 37.3 Å². The monoisotopic (exact) mass is 352 g/mol. The number of rotatable bonds is 10. The molecule has 25 heavy (non-hydrogen) atoms. The number of carbonyl (C=O) groups excluding carboxylic acids is 2. The van der Waals surface area contributed by atoms with Gasteiger partial charge in [0.25, 0.3) is 0 Å². The summed E-state index contributed by atoms with van der Waals surface area (Å²) in [5, 5.41) is 23.7. The van der Waals surface area contributed by atoms with Crippen molar-refractivity contribution in [1.82, 2.24) is 10.6 Å². The van der Waals surface area contributed by atoms with E-state index in [0.717, 1.165) is 5.56 Å². The molecule has 0 saturated heterocycles. The van der Waals surface area contributed by atoms with Gasteiger partial charge in [-0.05, 0) is 18.9 Å². The van der Waals surface area contributed by atoms with E-state index in [4.69, 9.17) is 6.52 Å². The Balaban J connectivity index is 2.83. The number of aliphatic hydroxyl groups excluding tert-OH is 1. The van der Waals surface area contributed by atoms with Gasteiger partial charge in [0.05, 0.1) is 24.6 Å². The number of hydrogen-bond acceptors (Lipinski definition) is 5. The van der Waals surface area contributed by atoms with Crippen LogP contribution < -0.4 is 16.4 Å². The van der Waals surface area contributed by atoms with Crippen LogP contribution in [0.15, 0.2) is 30.3 Å². The Morgan fingerprint density at radius 2 is 1.84 bits per heavy atom. The summed E-state index contributed by atoms with van der Waals surface area (Å²) in [6.07, 6.45) is -1.22. The maximum absolute atomic E-state index is 12.5. The first kappa shape index (κ1) is 18.9. The second-order valence-corrected chi connectivity index (χ2v) is 5.76. The molecule has 2 amide bonds. The number of benzene rings is 1. The molecule has 0 aliphatic rings. The number of nitrogens with two attached hydrogens (primary N) is 1. The van der Waals surface area contributed by atoms with Crippen molar-refractivity contribution < 1.29 is 26.0 Å². The van der Waals surface area contributed by atoms with Crippen LogP contribution in [0.25, 0.3) is 0 Å². The van der Waals surface area contributed by atoms with Gasteiger partial charge in [-0.2, -0.15) is 0 Å². The number of aliphatic hydroxyl groups is 1. The fraction of sp³-hybridized carbons (Fsp3) is 0.471. The Kier molecular flexibility index (Phi) is 7.36. The van der Waals surface area contributed by atoms with Crippen LogP contribution in [-0.4, -0.2) is 46.2 Å². The average molecular weight is 352 g/mol. The molecule has 4 atom stereocenters. The first-order valence-electron chi connectivity index (χ1n) is 8.52. The second-order valence-electron chi connectivity index (χ2n) is 5.76. The molecule has 1 rings (SSSR count). The minimum absolute atomic E-state index is 0.300. The number of aliphatic carboxylic acids is 1. The molecule has 8 nitrogen and oxygen atoms in total. The van der Waals surface area contributed by atoms with Crippen molar-refractivity contribution in [3.63, 3.8) is 0 Å². The number of hydrogen-bond donors (Lipinski definition) is 5. The summed E-state index contributed by atoms with van der Waals surface area (Å²) in [4.78, 5) is 35.4. The quantitative estimate of drug-likeness (QED) is 0.399. The summed E-state index contributed by atoms with van der Waals surface area (Å²) in [5.41, 5.74) is 2.72.